The number of nitrogens with one attached hydrogen (secondary N) is 1. The number of carbonyl (C=O) groups is 1. The Morgan fingerprint density at radius 1 is 0.933 bits per heavy atom. The van der Waals surface area contributed by atoms with E-state index < -0.39 is 10.0 Å². The molecule has 4 rings (SSSR count). The number of hydrogen-bond donors (Lipinski definition) is 1. The van der Waals surface area contributed by atoms with Crippen LogP contribution in [0.5, 0.6) is 0 Å². The quantitative estimate of drug-likeness (QED) is 0.789. The van der Waals surface area contributed by atoms with Crippen molar-refractivity contribution in [1.29, 1.82) is 0 Å². The number of fused-ring (bicyclic) bond motifs is 1. The van der Waals surface area contributed by atoms with Gasteiger partial charge in [0, 0.05) is 37.1 Å². The van der Waals surface area contributed by atoms with Crippen LogP contribution in [-0.4, -0.2) is 42.3 Å². The number of sulfonamides is 1. The first kappa shape index (κ1) is 21.4. The summed E-state index contributed by atoms with van der Waals surface area (Å²) < 4.78 is 29.5. The van der Waals surface area contributed by atoms with Gasteiger partial charge in [-0.1, -0.05) is 38.5 Å². The average molecular weight is 432 g/mol. The molecule has 2 heterocycles. The lowest BCUT2D eigenvalue weighted by Gasteiger charge is -2.25. The fourth-order valence-corrected chi connectivity index (χ4v) is 6.37. The second-order valence-electron chi connectivity index (χ2n) is 8.79. The number of nitrogens with zero attached hydrogens (tertiary/aromatic N) is 2. The lowest BCUT2D eigenvalue weighted by molar-refractivity contribution is 0.0922. The van der Waals surface area contributed by atoms with E-state index in [1.165, 1.54) is 19.3 Å². The smallest absolute Gasteiger partial charge is 0.268 e. The van der Waals surface area contributed by atoms with Gasteiger partial charge in [-0.25, -0.2) is 8.42 Å². The minimum atomic E-state index is -3.48. The zero-order valence-electron chi connectivity index (χ0n) is 17.9. The third-order valence-electron chi connectivity index (χ3n) is 6.64. The van der Waals surface area contributed by atoms with Gasteiger partial charge < -0.3 is 9.88 Å². The van der Waals surface area contributed by atoms with Gasteiger partial charge in [0.05, 0.1) is 4.90 Å². The second kappa shape index (κ2) is 9.10. The summed E-state index contributed by atoms with van der Waals surface area (Å²) in [6.45, 7) is 1.18. The summed E-state index contributed by atoms with van der Waals surface area (Å²) in [6.07, 6.45) is 11.1. The number of piperidine rings is 1. The molecule has 1 saturated heterocycles. The third kappa shape index (κ3) is 4.42. The number of benzene rings is 1. The van der Waals surface area contributed by atoms with Crippen LogP contribution in [0.2, 0.25) is 0 Å². The summed E-state index contributed by atoms with van der Waals surface area (Å²) in [5.74, 6) is -0.0697. The topological polar surface area (TPSA) is 71.4 Å². The molecule has 1 amide bonds. The molecule has 0 radical (unpaired) electrons. The van der Waals surface area contributed by atoms with Crippen LogP contribution in [0.4, 0.5) is 0 Å². The highest BCUT2D eigenvalue weighted by molar-refractivity contribution is 7.89. The highest BCUT2D eigenvalue weighted by Crippen LogP contribution is 2.26. The molecule has 7 heteroatoms. The number of hydrogen-bond acceptors (Lipinski definition) is 3. The Morgan fingerprint density at radius 3 is 2.27 bits per heavy atom. The van der Waals surface area contributed by atoms with E-state index in [9.17, 15) is 13.2 Å². The van der Waals surface area contributed by atoms with Crippen molar-refractivity contribution >= 4 is 26.8 Å². The monoisotopic (exact) mass is 431 g/mol. The summed E-state index contributed by atoms with van der Waals surface area (Å²) in [6, 6.07) is 7.25. The van der Waals surface area contributed by atoms with Gasteiger partial charge in [-0.15, -0.1) is 0 Å². The average Bonchev–Trinajstić information content (AvgIpc) is 3.06. The lowest BCUT2D eigenvalue weighted by Crippen LogP contribution is -2.36. The van der Waals surface area contributed by atoms with Crippen LogP contribution in [0.25, 0.3) is 10.9 Å². The molecule has 0 unspecified atom stereocenters. The Hall–Kier alpha value is -1.86. The molecule has 1 aromatic heterocycles. The van der Waals surface area contributed by atoms with Gasteiger partial charge in [-0.05, 0) is 49.9 Å². The Kier molecular flexibility index (Phi) is 6.48. The molecule has 6 nitrogen and oxygen atoms in total. The van der Waals surface area contributed by atoms with Crippen molar-refractivity contribution in [1.82, 2.24) is 14.2 Å². The van der Waals surface area contributed by atoms with Gasteiger partial charge in [-0.2, -0.15) is 4.31 Å². The Labute approximate surface area is 179 Å². The molecule has 1 saturated carbocycles. The minimum absolute atomic E-state index is 0.0697. The fraction of sp³-hybridized carbons (Fsp3) is 0.609. The number of aryl methyl sites for hydroxylation is 1. The van der Waals surface area contributed by atoms with Crippen molar-refractivity contribution in [3.05, 3.63) is 30.0 Å². The van der Waals surface area contributed by atoms with Crippen LogP contribution in [0.3, 0.4) is 0 Å². The minimum Gasteiger partial charge on any atom is -0.348 e. The van der Waals surface area contributed by atoms with Crippen LogP contribution in [0.15, 0.2) is 29.2 Å². The molecule has 2 aliphatic rings. The van der Waals surface area contributed by atoms with E-state index in [0.717, 1.165) is 55.8 Å². The molecular formula is C23H33N3O3S. The predicted octanol–water partition coefficient (Wildman–Crippen LogP) is 4.20. The molecule has 2 aromatic rings. The van der Waals surface area contributed by atoms with Crippen molar-refractivity contribution in [3.8, 4) is 0 Å². The van der Waals surface area contributed by atoms with Crippen LogP contribution in [-0.2, 0) is 17.1 Å². The lowest BCUT2D eigenvalue weighted by atomic mass is 9.96. The van der Waals surface area contributed by atoms with Gasteiger partial charge in [-0.3, -0.25) is 4.79 Å². The first-order valence-corrected chi connectivity index (χ1v) is 12.8. The standard InChI is InChI=1S/C23H33N3O3S/c1-25-21-13-12-20(30(28,29)26-14-8-5-9-15-26)16-18(21)17-22(25)23(27)24-19-10-6-3-2-4-7-11-19/h12-13,16-17,19H,2-11,14-15H2,1H3,(H,24,27). The summed E-state index contributed by atoms with van der Waals surface area (Å²) in [7, 11) is -1.61. The molecule has 0 atom stereocenters. The zero-order valence-corrected chi connectivity index (χ0v) is 18.7. The van der Waals surface area contributed by atoms with E-state index in [0.29, 0.717) is 23.7 Å². The molecule has 0 bridgehead atoms. The normalized spacial score (nSPS) is 20.0. The maximum absolute atomic E-state index is 13.0. The van der Waals surface area contributed by atoms with Crippen molar-refractivity contribution < 1.29 is 13.2 Å². The van der Waals surface area contributed by atoms with E-state index in [-0.39, 0.29) is 11.9 Å². The van der Waals surface area contributed by atoms with E-state index >= 15 is 0 Å². The molecule has 0 spiro atoms. The molecule has 2 fully saturated rings. The number of aromatic nitrogens is 1. The highest BCUT2D eigenvalue weighted by Gasteiger charge is 2.27. The number of carbonyl (C=O) groups excluding carboxylic acids is 1. The zero-order chi connectivity index (χ0) is 21.1. The summed E-state index contributed by atoms with van der Waals surface area (Å²) >= 11 is 0. The Morgan fingerprint density at radius 2 is 1.57 bits per heavy atom. The van der Waals surface area contributed by atoms with Crippen molar-refractivity contribution in [2.75, 3.05) is 13.1 Å². The first-order chi connectivity index (χ1) is 14.5. The van der Waals surface area contributed by atoms with Crippen molar-refractivity contribution in [3.63, 3.8) is 0 Å². The van der Waals surface area contributed by atoms with Crippen LogP contribution in [0.1, 0.15) is 74.7 Å². The van der Waals surface area contributed by atoms with E-state index in [2.05, 4.69) is 5.32 Å². The van der Waals surface area contributed by atoms with Gasteiger partial charge in [0.1, 0.15) is 5.69 Å². The van der Waals surface area contributed by atoms with Gasteiger partial charge in [0.25, 0.3) is 5.91 Å². The Bertz CT molecular complexity index is 998. The number of rotatable bonds is 4. The van der Waals surface area contributed by atoms with Crippen molar-refractivity contribution in [2.24, 2.45) is 7.05 Å². The van der Waals surface area contributed by atoms with Crippen LogP contribution in [0, 0.1) is 0 Å². The predicted molar refractivity (Wildman–Crippen MR) is 119 cm³/mol. The van der Waals surface area contributed by atoms with Gasteiger partial charge in [0.2, 0.25) is 10.0 Å². The third-order valence-corrected chi connectivity index (χ3v) is 8.53. The summed E-state index contributed by atoms with van der Waals surface area (Å²) in [4.78, 5) is 13.3. The fourth-order valence-electron chi connectivity index (χ4n) is 4.82. The van der Waals surface area contributed by atoms with E-state index in [4.69, 9.17) is 0 Å². The van der Waals surface area contributed by atoms with E-state index in [1.807, 2.05) is 23.7 Å². The number of amides is 1. The summed E-state index contributed by atoms with van der Waals surface area (Å²) in [5, 5.41) is 4.01. The molecular weight excluding hydrogens is 398 g/mol. The van der Waals surface area contributed by atoms with Crippen LogP contribution < -0.4 is 5.32 Å². The maximum atomic E-state index is 13.0. The molecule has 1 aromatic carbocycles. The molecule has 1 N–H and O–H groups in total. The van der Waals surface area contributed by atoms with Crippen LogP contribution >= 0.6 is 0 Å². The highest BCUT2D eigenvalue weighted by atomic mass is 32.2. The SMILES string of the molecule is Cn1c(C(=O)NC2CCCCCCC2)cc2cc(S(=O)(=O)N3CCCCC3)ccc21. The molecule has 1 aliphatic heterocycles. The second-order valence-corrected chi connectivity index (χ2v) is 10.7. The molecule has 1 aliphatic carbocycles. The maximum Gasteiger partial charge on any atom is 0.268 e. The Balaban J connectivity index is 1.56. The van der Waals surface area contributed by atoms with E-state index in [1.54, 1.807) is 16.4 Å². The van der Waals surface area contributed by atoms with Gasteiger partial charge >= 0.3 is 0 Å². The largest absolute Gasteiger partial charge is 0.348 e. The first-order valence-electron chi connectivity index (χ1n) is 11.4. The summed E-state index contributed by atoms with van der Waals surface area (Å²) in [5.41, 5.74) is 1.45. The molecule has 30 heavy (non-hydrogen) atoms. The van der Waals surface area contributed by atoms with Crippen molar-refractivity contribution in [2.45, 2.75) is 75.1 Å². The molecule has 164 valence electrons. The van der Waals surface area contributed by atoms with Gasteiger partial charge in [0.15, 0.2) is 0 Å².